The summed E-state index contributed by atoms with van der Waals surface area (Å²) in [5, 5.41) is 8.27. The van der Waals surface area contributed by atoms with Gasteiger partial charge in [-0.25, -0.2) is 19.0 Å². The van der Waals surface area contributed by atoms with Crippen molar-refractivity contribution in [3.63, 3.8) is 0 Å². The van der Waals surface area contributed by atoms with E-state index in [1.54, 1.807) is 6.33 Å². The summed E-state index contributed by atoms with van der Waals surface area (Å²) < 4.78 is 35.4. The molecule has 8 nitrogen and oxygen atoms in total. The number of rotatable bonds is 5. The maximum Gasteiger partial charge on any atom is 0.242 e. The Morgan fingerprint density at radius 3 is 2.71 bits per heavy atom. The summed E-state index contributed by atoms with van der Waals surface area (Å²) in [6, 6.07) is 6.30. The van der Waals surface area contributed by atoms with Crippen LogP contribution in [0.1, 0.15) is 43.3 Å². The van der Waals surface area contributed by atoms with E-state index in [2.05, 4.69) is 25.3 Å². The molecule has 1 aromatic carbocycles. The summed E-state index contributed by atoms with van der Waals surface area (Å²) in [4.78, 5) is 15.8. The number of hydrogen-bond donors (Lipinski definition) is 1. The zero-order valence-corrected chi connectivity index (χ0v) is 19.0. The van der Waals surface area contributed by atoms with E-state index in [4.69, 9.17) is 9.72 Å². The van der Waals surface area contributed by atoms with Gasteiger partial charge in [-0.2, -0.15) is 9.37 Å². The summed E-state index contributed by atoms with van der Waals surface area (Å²) >= 11 is 0. The first kappa shape index (κ1) is 21.2. The van der Waals surface area contributed by atoms with Gasteiger partial charge in [-0.1, -0.05) is 6.07 Å². The fourth-order valence-corrected chi connectivity index (χ4v) is 5.62. The lowest BCUT2D eigenvalue weighted by atomic mass is 9.92. The summed E-state index contributed by atoms with van der Waals surface area (Å²) in [5.41, 5.74) is 0.972. The minimum Gasteiger partial charge on any atom is -0.479 e. The van der Waals surface area contributed by atoms with Gasteiger partial charge >= 0.3 is 0 Å². The van der Waals surface area contributed by atoms with Crippen molar-refractivity contribution in [3.8, 4) is 5.75 Å². The second-order valence-corrected chi connectivity index (χ2v) is 9.51. The minimum absolute atomic E-state index is 0.0960. The molecule has 0 spiro atoms. The van der Waals surface area contributed by atoms with Crippen molar-refractivity contribution in [2.75, 3.05) is 23.3 Å². The van der Waals surface area contributed by atoms with Gasteiger partial charge in [0.15, 0.2) is 23.5 Å². The number of aromatic nitrogens is 5. The van der Waals surface area contributed by atoms with E-state index >= 15 is 0 Å². The van der Waals surface area contributed by atoms with Crippen LogP contribution in [0.4, 0.5) is 20.5 Å². The van der Waals surface area contributed by atoms with Crippen LogP contribution in [0.2, 0.25) is 0 Å². The molecule has 4 atom stereocenters. The summed E-state index contributed by atoms with van der Waals surface area (Å²) in [6.45, 7) is 4.58. The van der Waals surface area contributed by atoms with Gasteiger partial charge in [0, 0.05) is 37.4 Å². The third-order valence-electron chi connectivity index (χ3n) is 7.25. The summed E-state index contributed by atoms with van der Waals surface area (Å²) in [6.07, 6.45) is 4.98. The number of fused-ring (bicyclic) bond motifs is 3. The van der Waals surface area contributed by atoms with Crippen LogP contribution in [-0.2, 0) is 6.54 Å². The van der Waals surface area contributed by atoms with Gasteiger partial charge in [0.2, 0.25) is 11.8 Å². The maximum absolute atomic E-state index is 14.1. The molecule has 6 rings (SSSR count). The van der Waals surface area contributed by atoms with Crippen LogP contribution in [0.5, 0.6) is 5.75 Å². The average Bonchev–Trinajstić information content (AvgIpc) is 3.33. The standard InChI is InChI=1S/C24H27F2N7O/c1-14-10-20(28-13-27-14)32-11-15-7-8-16(12-32)22(15)29-24-30-23-19(6-3-9-33(23)31-24)34-18-5-2-4-17(25)21(18)26/h2,4-5,10,13,15-16,19,22H,3,6-9,11-12H2,1H3,(H,29,31)/t15-,16+,19-,22-/m1/s1. The quantitative estimate of drug-likeness (QED) is 0.610. The Kier molecular flexibility index (Phi) is 5.30. The van der Waals surface area contributed by atoms with Crippen LogP contribution in [-0.4, -0.2) is 43.9 Å². The third kappa shape index (κ3) is 3.84. The highest BCUT2D eigenvalue weighted by molar-refractivity contribution is 5.41. The van der Waals surface area contributed by atoms with Crippen molar-refractivity contribution in [1.82, 2.24) is 24.7 Å². The lowest BCUT2D eigenvalue weighted by Gasteiger charge is -2.38. The molecule has 2 aromatic heterocycles. The Bertz CT molecular complexity index is 1190. The van der Waals surface area contributed by atoms with Crippen molar-refractivity contribution in [2.24, 2.45) is 11.8 Å². The predicted molar refractivity (Wildman–Crippen MR) is 122 cm³/mol. The van der Waals surface area contributed by atoms with Gasteiger partial charge in [-0.05, 0) is 56.6 Å². The highest BCUT2D eigenvalue weighted by atomic mass is 19.2. The molecule has 1 aliphatic carbocycles. The Balaban J connectivity index is 1.17. The lowest BCUT2D eigenvalue weighted by Crippen LogP contribution is -2.48. The number of hydrogen-bond acceptors (Lipinski definition) is 7. The lowest BCUT2D eigenvalue weighted by molar-refractivity contribution is 0.147. The number of ether oxygens (including phenoxy) is 1. The second-order valence-electron chi connectivity index (χ2n) is 9.51. The summed E-state index contributed by atoms with van der Waals surface area (Å²) in [7, 11) is 0. The van der Waals surface area contributed by atoms with E-state index in [9.17, 15) is 8.78 Å². The van der Waals surface area contributed by atoms with E-state index in [1.165, 1.54) is 12.1 Å². The zero-order chi connectivity index (χ0) is 23.2. The number of anilines is 2. The van der Waals surface area contributed by atoms with Gasteiger partial charge in [-0.3, -0.25) is 0 Å². The zero-order valence-electron chi connectivity index (χ0n) is 19.0. The molecule has 10 heteroatoms. The van der Waals surface area contributed by atoms with E-state index in [0.29, 0.717) is 36.1 Å². The van der Waals surface area contributed by atoms with E-state index < -0.39 is 17.7 Å². The first-order valence-electron chi connectivity index (χ1n) is 11.9. The molecule has 1 saturated heterocycles. The first-order valence-corrected chi connectivity index (χ1v) is 11.9. The van der Waals surface area contributed by atoms with Crippen LogP contribution >= 0.6 is 0 Å². The molecule has 2 bridgehead atoms. The van der Waals surface area contributed by atoms with E-state index in [-0.39, 0.29) is 5.75 Å². The molecule has 3 aromatic rings. The monoisotopic (exact) mass is 467 g/mol. The van der Waals surface area contributed by atoms with Crippen molar-refractivity contribution < 1.29 is 13.5 Å². The number of aryl methyl sites for hydroxylation is 2. The Hall–Kier alpha value is -3.30. The van der Waals surface area contributed by atoms with Gasteiger partial charge < -0.3 is 15.0 Å². The highest BCUT2D eigenvalue weighted by Crippen LogP contribution is 2.40. The normalized spacial score (nSPS) is 25.8. The Morgan fingerprint density at radius 2 is 1.91 bits per heavy atom. The van der Waals surface area contributed by atoms with Crippen molar-refractivity contribution in [3.05, 3.63) is 53.7 Å². The molecule has 1 N–H and O–H groups in total. The largest absolute Gasteiger partial charge is 0.479 e. The predicted octanol–water partition coefficient (Wildman–Crippen LogP) is 3.90. The minimum atomic E-state index is -0.972. The summed E-state index contributed by atoms with van der Waals surface area (Å²) in [5.74, 6) is 1.18. The molecule has 1 saturated carbocycles. The molecule has 0 unspecified atom stereocenters. The smallest absolute Gasteiger partial charge is 0.242 e. The SMILES string of the molecule is Cc1cc(N2C[C@H]3CC[C@@H](C2)[C@@H]3Nc2nc3n(n2)CCC[C@H]3Oc2cccc(F)c2F)ncn1. The van der Waals surface area contributed by atoms with Gasteiger partial charge in [-0.15, -0.1) is 5.10 Å². The van der Waals surface area contributed by atoms with E-state index in [0.717, 1.165) is 56.5 Å². The molecule has 0 radical (unpaired) electrons. The van der Waals surface area contributed by atoms with Crippen molar-refractivity contribution in [2.45, 2.75) is 51.3 Å². The first-order chi connectivity index (χ1) is 16.5. The number of benzene rings is 1. The van der Waals surface area contributed by atoms with Gasteiger partial charge in [0.05, 0.1) is 0 Å². The number of halogens is 2. The fourth-order valence-electron chi connectivity index (χ4n) is 5.62. The molecule has 0 amide bonds. The van der Waals surface area contributed by atoms with Crippen LogP contribution in [0.3, 0.4) is 0 Å². The molecule has 178 valence electrons. The van der Waals surface area contributed by atoms with Gasteiger partial charge in [0.25, 0.3) is 0 Å². The van der Waals surface area contributed by atoms with Crippen molar-refractivity contribution in [1.29, 1.82) is 0 Å². The molecule has 4 heterocycles. The topological polar surface area (TPSA) is 81.0 Å². The molecular formula is C24H27F2N7O. The van der Waals surface area contributed by atoms with Crippen LogP contribution in [0, 0.1) is 30.4 Å². The van der Waals surface area contributed by atoms with Crippen LogP contribution in [0.15, 0.2) is 30.6 Å². The third-order valence-corrected chi connectivity index (χ3v) is 7.25. The number of nitrogens with zero attached hydrogens (tertiary/aromatic N) is 6. The van der Waals surface area contributed by atoms with Crippen molar-refractivity contribution >= 4 is 11.8 Å². The second kappa shape index (κ2) is 8.48. The van der Waals surface area contributed by atoms with Gasteiger partial charge in [0.1, 0.15) is 12.1 Å². The van der Waals surface area contributed by atoms with Crippen LogP contribution in [0.25, 0.3) is 0 Å². The molecule has 34 heavy (non-hydrogen) atoms. The number of piperidine rings is 1. The average molecular weight is 468 g/mol. The highest BCUT2D eigenvalue weighted by Gasteiger charge is 2.43. The Labute approximate surface area is 196 Å². The molecule has 3 aliphatic rings. The maximum atomic E-state index is 14.1. The molecule has 2 aliphatic heterocycles. The number of nitrogens with one attached hydrogen (secondary N) is 1. The van der Waals surface area contributed by atoms with Crippen LogP contribution < -0.4 is 15.0 Å². The molecule has 2 fully saturated rings. The van der Waals surface area contributed by atoms with E-state index in [1.807, 2.05) is 17.7 Å². The molecular weight excluding hydrogens is 440 g/mol. The Morgan fingerprint density at radius 1 is 1.09 bits per heavy atom. The fraction of sp³-hybridized carbons (Fsp3) is 0.500.